The quantitative estimate of drug-likeness (QED) is 0.415. The Morgan fingerprint density at radius 1 is 0.955 bits per heavy atom. The molecule has 0 aliphatic carbocycles. The van der Waals surface area contributed by atoms with E-state index in [0.717, 1.165) is 30.9 Å². The molecule has 1 heterocycles. The molecule has 0 amide bonds. The van der Waals surface area contributed by atoms with Gasteiger partial charge in [0.15, 0.2) is 0 Å². The summed E-state index contributed by atoms with van der Waals surface area (Å²) in [6, 6.07) is 16.0. The fourth-order valence-corrected chi connectivity index (χ4v) is 2.99. The van der Waals surface area contributed by atoms with E-state index in [1.54, 1.807) is 6.21 Å². The van der Waals surface area contributed by atoms with Gasteiger partial charge >= 0.3 is 0 Å². The van der Waals surface area contributed by atoms with Crippen molar-refractivity contribution < 1.29 is 0 Å². The van der Waals surface area contributed by atoms with Crippen molar-refractivity contribution >= 4 is 54.5 Å². The van der Waals surface area contributed by atoms with Gasteiger partial charge in [-0.15, -0.1) is 11.3 Å². The predicted molar refractivity (Wildman–Crippen MR) is 101 cm³/mol. The molecular weight excluding hydrogens is 426 g/mol. The smallest absolute Gasteiger partial charge is 0.203 e. The van der Waals surface area contributed by atoms with Gasteiger partial charge in [0.25, 0.3) is 0 Å². The Morgan fingerprint density at radius 3 is 2.27 bits per heavy atom. The minimum atomic E-state index is 0.770. The third-order valence-corrected chi connectivity index (χ3v) is 4.69. The maximum absolute atomic E-state index is 4.53. The maximum atomic E-state index is 4.53. The molecule has 3 aromatic rings. The largest absolute Gasteiger partial charge is 0.253 e. The minimum absolute atomic E-state index is 0.770. The van der Waals surface area contributed by atoms with Gasteiger partial charge < -0.3 is 0 Å². The number of anilines is 1. The second-order valence-corrected chi connectivity index (χ2v) is 7.16. The van der Waals surface area contributed by atoms with Crippen molar-refractivity contribution in [3.05, 3.63) is 68.4 Å². The van der Waals surface area contributed by atoms with Crippen LogP contribution < -0.4 is 5.43 Å². The Labute approximate surface area is 149 Å². The van der Waals surface area contributed by atoms with E-state index >= 15 is 0 Å². The van der Waals surface area contributed by atoms with Crippen molar-refractivity contribution in [1.82, 2.24) is 4.98 Å². The molecule has 0 atom stereocenters. The highest BCUT2D eigenvalue weighted by molar-refractivity contribution is 9.10. The Morgan fingerprint density at radius 2 is 1.59 bits per heavy atom. The highest BCUT2D eigenvalue weighted by atomic mass is 79.9. The van der Waals surface area contributed by atoms with Gasteiger partial charge in [0, 0.05) is 19.9 Å². The third kappa shape index (κ3) is 4.03. The number of hydrogen-bond donors (Lipinski definition) is 1. The zero-order chi connectivity index (χ0) is 15.4. The highest BCUT2D eigenvalue weighted by Gasteiger charge is 2.03. The van der Waals surface area contributed by atoms with Crippen LogP contribution >= 0.6 is 43.2 Å². The minimum Gasteiger partial charge on any atom is -0.253 e. The number of hydrazone groups is 1. The SMILES string of the molecule is Brc1ccc(/C=N/Nc2nc(-c3ccc(Br)cc3)cs2)cc1. The molecular formula is C16H11Br2N3S. The predicted octanol–water partition coefficient (Wildman–Crippen LogP) is 5.78. The molecule has 0 saturated heterocycles. The van der Waals surface area contributed by atoms with Crippen molar-refractivity contribution in [3.63, 3.8) is 0 Å². The molecule has 0 unspecified atom stereocenters. The molecule has 6 heteroatoms. The number of rotatable bonds is 4. The number of nitrogens with zero attached hydrogens (tertiary/aromatic N) is 2. The Bertz CT molecular complexity index is 780. The summed E-state index contributed by atoms with van der Waals surface area (Å²) >= 11 is 8.37. The first-order valence-corrected chi connectivity index (χ1v) is 8.93. The van der Waals surface area contributed by atoms with Crippen LogP contribution in [0.2, 0.25) is 0 Å². The summed E-state index contributed by atoms with van der Waals surface area (Å²) < 4.78 is 2.11. The van der Waals surface area contributed by atoms with Gasteiger partial charge in [-0.05, 0) is 29.8 Å². The molecule has 0 spiro atoms. The summed E-state index contributed by atoms with van der Waals surface area (Å²) in [6.45, 7) is 0. The van der Waals surface area contributed by atoms with Crippen LogP contribution in [-0.4, -0.2) is 11.2 Å². The van der Waals surface area contributed by atoms with E-state index < -0.39 is 0 Å². The fraction of sp³-hybridized carbons (Fsp3) is 0. The number of nitrogens with one attached hydrogen (secondary N) is 1. The molecule has 0 saturated carbocycles. The molecule has 0 fully saturated rings. The van der Waals surface area contributed by atoms with Crippen LogP contribution in [0.5, 0.6) is 0 Å². The highest BCUT2D eigenvalue weighted by Crippen LogP contribution is 2.26. The van der Waals surface area contributed by atoms with Crippen LogP contribution in [-0.2, 0) is 0 Å². The van der Waals surface area contributed by atoms with E-state index in [2.05, 4.69) is 47.4 Å². The topological polar surface area (TPSA) is 37.3 Å². The lowest BCUT2D eigenvalue weighted by atomic mass is 10.2. The van der Waals surface area contributed by atoms with Gasteiger partial charge in [-0.1, -0.05) is 56.1 Å². The van der Waals surface area contributed by atoms with E-state index in [1.807, 2.05) is 53.9 Å². The lowest BCUT2D eigenvalue weighted by Gasteiger charge is -1.97. The average Bonchev–Trinajstić information content (AvgIpc) is 2.99. The first kappa shape index (κ1) is 15.4. The first-order chi connectivity index (χ1) is 10.7. The zero-order valence-corrected chi connectivity index (χ0v) is 15.3. The molecule has 0 aliphatic heterocycles. The van der Waals surface area contributed by atoms with Crippen LogP contribution in [0, 0.1) is 0 Å². The summed E-state index contributed by atoms with van der Waals surface area (Å²) in [7, 11) is 0. The van der Waals surface area contributed by atoms with Gasteiger partial charge in [-0.2, -0.15) is 5.10 Å². The van der Waals surface area contributed by atoms with Crippen LogP contribution in [0.4, 0.5) is 5.13 Å². The summed E-state index contributed by atoms with van der Waals surface area (Å²) in [5, 5.41) is 7.00. The van der Waals surface area contributed by atoms with Crippen LogP contribution in [0.1, 0.15) is 5.56 Å². The van der Waals surface area contributed by atoms with E-state index in [4.69, 9.17) is 0 Å². The van der Waals surface area contributed by atoms with E-state index in [9.17, 15) is 0 Å². The van der Waals surface area contributed by atoms with E-state index in [1.165, 1.54) is 11.3 Å². The molecule has 0 bridgehead atoms. The van der Waals surface area contributed by atoms with Crippen molar-refractivity contribution in [2.45, 2.75) is 0 Å². The number of thiazole rings is 1. The number of benzene rings is 2. The first-order valence-electron chi connectivity index (χ1n) is 6.47. The van der Waals surface area contributed by atoms with E-state index in [0.29, 0.717) is 0 Å². The fourth-order valence-electron chi connectivity index (χ4n) is 1.79. The van der Waals surface area contributed by atoms with Gasteiger partial charge in [-0.25, -0.2) is 4.98 Å². The zero-order valence-electron chi connectivity index (χ0n) is 11.3. The van der Waals surface area contributed by atoms with Crippen LogP contribution in [0.15, 0.2) is 68.0 Å². The molecule has 3 nitrogen and oxygen atoms in total. The van der Waals surface area contributed by atoms with Crippen LogP contribution in [0.25, 0.3) is 11.3 Å². The van der Waals surface area contributed by atoms with Crippen molar-refractivity contribution in [1.29, 1.82) is 0 Å². The number of aromatic nitrogens is 1. The molecule has 1 N–H and O–H groups in total. The molecule has 1 aromatic heterocycles. The summed E-state index contributed by atoms with van der Waals surface area (Å²) in [6.07, 6.45) is 1.77. The monoisotopic (exact) mass is 435 g/mol. The van der Waals surface area contributed by atoms with Gasteiger partial charge in [-0.3, -0.25) is 5.43 Å². The molecule has 0 aliphatic rings. The molecule has 3 rings (SSSR count). The number of halogens is 2. The Hall–Kier alpha value is -1.50. The van der Waals surface area contributed by atoms with E-state index in [-0.39, 0.29) is 0 Å². The van der Waals surface area contributed by atoms with Gasteiger partial charge in [0.2, 0.25) is 5.13 Å². The van der Waals surface area contributed by atoms with Gasteiger partial charge in [0.1, 0.15) is 0 Å². The van der Waals surface area contributed by atoms with Crippen molar-refractivity contribution in [2.75, 3.05) is 5.43 Å². The normalized spacial score (nSPS) is 11.0. The maximum Gasteiger partial charge on any atom is 0.203 e. The average molecular weight is 437 g/mol. The lowest BCUT2D eigenvalue weighted by molar-refractivity contribution is 1.29. The summed E-state index contributed by atoms with van der Waals surface area (Å²) in [5.74, 6) is 0. The molecule has 0 radical (unpaired) electrons. The standard InChI is InChI=1S/C16H11Br2N3S/c17-13-5-1-11(2-6-13)9-19-21-16-20-15(10-22-16)12-3-7-14(18)8-4-12/h1-10H,(H,20,21)/b19-9+. The molecule has 110 valence electrons. The van der Waals surface area contributed by atoms with Crippen LogP contribution in [0.3, 0.4) is 0 Å². The van der Waals surface area contributed by atoms with Crippen molar-refractivity contribution in [3.8, 4) is 11.3 Å². The molecule has 2 aromatic carbocycles. The summed E-state index contributed by atoms with van der Waals surface area (Å²) in [4.78, 5) is 4.53. The second kappa shape index (κ2) is 7.17. The summed E-state index contributed by atoms with van der Waals surface area (Å²) in [5.41, 5.74) is 6.02. The second-order valence-electron chi connectivity index (χ2n) is 4.47. The molecule has 22 heavy (non-hydrogen) atoms. The van der Waals surface area contributed by atoms with Crippen molar-refractivity contribution in [2.24, 2.45) is 5.10 Å². The van der Waals surface area contributed by atoms with Gasteiger partial charge in [0.05, 0.1) is 11.9 Å². The Kier molecular flexibility index (Phi) is 5.02. The number of hydrogen-bond acceptors (Lipinski definition) is 4. The lowest BCUT2D eigenvalue weighted by Crippen LogP contribution is -1.90. The Balaban J connectivity index is 1.66. The third-order valence-electron chi connectivity index (χ3n) is 2.89.